The van der Waals surface area contributed by atoms with Crippen molar-refractivity contribution in [1.29, 1.82) is 0 Å². The number of likely N-dealkylation sites (N-methyl/N-ethyl adjacent to an activating group) is 1. The Hall–Kier alpha value is -0.770. The van der Waals surface area contributed by atoms with Crippen molar-refractivity contribution in [3.63, 3.8) is 0 Å². The predicted molar refractivity (Wildman–Crippen MR) is 80.0 cm³/mol. The van der Waals surface area contributed by atoms with Crippen molar-refractivity contribution in [2.45, 2.75) is 38.3 Å². The van der Waals surface area contributed by atoms with E-state index < -0.39 is 6.10 Å². The highest BCUT2D eigenvalue weighted by atomic mass is 35.5. The first-order valence-electron chi connectivity index (χ1n) is 6.61. The summed E-state index contributed by atoms with van der Waals surface area (Å²) in [6.07, 6.45) is 1.03. The van der Waals surface area contributed by atoms with Gasteiger partial charge in [-0.15, -0.1) is 0 Å². The number of rotatable bonds is 6. The van der Waals surface area contributed by atoms with Crippen LogP contribution in [0.3, 0.4) is 0 Å². The second-order valence-corrected chi connectivity index (χ2v) is 5.43. The molecule has 0 fully saturated rings. The summed E-state index contributed by atoms with van der Waals surface area (Å²) in [4.78, 5) is 2.08. The van der Waals surface area contributed by atoms with Crippen LogP contribution >= 0.6 is 11.6 Å². The summed E-state index contributed by atoms with van der Waals surface area (Å²) >= 11 is 6.05. The third kappa shape index (κ3) is 3.04. The Balaban J connectivity index is 3.30. The zero-order valence-corrected chi connectivity index (χ0v) is 13.2. The monoisotopic (exact) mass is 285 g/mol. The molecular formula is C15H24ClNO2. The average molecular weight is 286 g/mol. The summed E-state index contributed by atoms with van der Waals surface area (Å²) in [6, 6.07) is 5.35. The third-order valence-electron chi connectivity index (χ3n) is 4.11. The molecule has 0 aliphatic carbocycles. The fourth-order valence-corrected chi connectivity index (χ4v) is 2.90. The fourth-order valence-electron chi connectivity index (χ4n) is 2.72. The Morgan fingerprint density at radius 1 is 1.32 bits per heavy atom. The highest BCUT2D eigenvalue weighted by molar-refractivity contribution is 6.30. The Kier molecular flexibility index (Phi) is 5.65. The number of hydrogen-bond acceptors (Lipinski definition) is 3. The Morgan fingerprint density at radius 2 is 1.89 bits per heavy atom. The molecule has 0 radical (unpaired) electrons. The maximum absolute atomic E-state index is 10.9. The van der Waals surface area contributed by atoms with Gasteiger partial charge in [-0.25, -0.2) is 0 Å². The number of nitrogens with zero attached hydrogens (tertiary/aromatic N) is 1. The minimum atomic E-state index is -0.647. The first kappa shape index (κ1) is 16.3. The molecule has 0 bridgehead atoms. The topological polar surface area (TPSA) is 32.7 Å². The number of hydrogen-bond donors (Lipinski definition) is 1. The normalized spacial score (nSPS) is 13.7. The van der Waals surface area contributed by atoms with Gasteiger partial charge in [0.05, 0.1) is 12.6 Å². The molecule has 19 heavy (non-hydrogen) atoms. The summed E-state index contributed by atoms with van der Waals surface area (Å²) < 4.78 is 5.35. The molecule has 0 aliphatic heterocycles. The second kappa shape index (κ2) is 6.60. The highest BCUT2D eigenvalue weighted by Gasteiger charge is 2.39. The number of halogens is 1. The lowest BCUT2D eigenvalue weighted by molar-refractivity contribution is -0.0161. The van der Waals surface area contributed by atoms with E-state index in [1.807, 2.05) is 14.1 Å². The summed E-state index contributed by atoms with van der Waals surface area (Å²) in [5, 5.41) is 11.5. The van der Waals surface area contributed by atoms with E-state index in [4.69, 9.17) is 16.3 Å². The molecule has 108 valence electrons. The van der Waals surface area contributed by atoms with Crippen molar-refractivity contribution >= 4 is 11.6 Å². The Bertz CT molecular complexity index is 417. The molecule has 1 atom stereocenters. The average Bonchev–Trinajstić information content (AvgIpc) is 2.40. The van der Waals surface area contributed by atoms with Crippen LogP contribution in [0, 0.1) is 0 Å². The summed E-state index contributed by atoms with van der Waals surface area (Å²) in [5.41, 5.74) is 0.421. The molecule has 1 aromatic rings. The van der Waals surface area contributed by atoms with Gasteiger partial charge >= 0.3 is 0 Å². The van der Waals surface area contributed by atoms with Gasteiger partial charge in [-0.1, -0.05) is 25.4 Å². The Labute approximate surface area is 121 Å². The first-order chi connectivity index (χ1) is 8.92. The summed E-state index contributed by atoms with van der Waals surface area (Å²) in [6.45, 7) is 4.17. The number of methoxy groups -OCH3 is 1. The zero-order chi connectivity index (χ0) is 14.6. The smallest absolute Gasteiger partial charge is 0.124 e. The molecule has 4 heteroatoms. The summed E-state index contributed by atoms with van der Waals surface area (Å²) in [5.74, 6) is 0.671. The van der Waals surface area contributed by atoms with Crippen LogP contribution in [0.15, 0.2) is 18.2 Å². The third-order valence-corrected chi connectivity index (χ3v) is 4.35. The Morgan fingerprint density at radius 3 is 2.32 bits per heavy atom. The minimum absolute atomic E-state index is 0.321. The van der Waals surface area contributed by atoms with E-state index >= 15 is 0 Å². The second-order valence-electron chi connectivity index (χ2n) is 4.99. The van der Waals surface area contributed by atoms with Gasteiger partial charge in [-0.2, -0.15) is 0 Å². The van der Waals surface area contributed by atoms with Crippen molar-refractivity contribution in [2.24, 2.45) is 0 Å². The van der Waals surface area contributed by atoms with Gasteiger partial charge < -0.3 is 14.7 Å². The van der Waals surface area contributed by atoms with E-state index in [0.29, 0.717) is 10.8 Å². The van der Waals surface area contributed by atoms with Crippen LogP contribution in [-0.4, -0.2) is 36.8 Å². The molecule has 0 amide bonds. The molecule has 3 nitrogen and oxygen atoms in total. The van der Waals surface area contributed by atoms with Crippen LogP contribution in [0.4, 0.5) is 0 Å². The lowest BCUT2D eigenvalue weighted by Crippen LogP contribution is -2.48. The van der Waals surface area contributed by atoms with Gasteiger partial charge in [-0.05, 0) is 45.1 Å². The minimum Gasteiger partial charge on any atom is -0.496 e. The quantitative estimate of drug-likeness (QED) is 0.868. The molecular weight excluding hydrogens is 262 g/mol. The molecule has 1 N–H and O–H groups in total. The van der Waals surface area contributed by atoms with E-state index in [1.165, 1.54) is 0 Å². The molecule has 0 saturated heterocycles. The molecule has 0 spiro atoms. The first-order valence-corrected chi connectivity index (χ1v) is 6.99. The number of ether oxygens (including phenoxy) is 1. The van der Waals surface area contributed by atoms with Crippen LogP contribution in [-0.2, 0) is 0 Å². The molecule has 1 aromatic carbocycles. The van der Waals surface area contributed by atoms with Gasteiger partial charge in [0.25, 0.3) is 0 Å². The lowest BCUT2D eigenvalue weighted by Gasteiger charge is -2.43. The van der Waals surface area contributed by atoms with E-state index in [1.54, 1.807) is 25.3 Å². The van der Waals surface area contributed by atoms with E-state index in [2.05, 4.69) is 18.7 Å². The lowest BCUT2D eigenvalue weighted by atomic mass is 9.81. The SMILES string of the molecule is CCC(CC)(C(O)c1cc(Cl)ccc1OC)N(C)C. The largest absolute Gasteiger partial charge is 0.496 e. The van der Waals surface area contributed by atoms with Crippen molar-refractivity contribution < 1.29 is 9.84 Å². The maximum Gasteiger partial charge on any atom is 0.124 e. The fraction of sp³-hybridized carbons (Fsp3) is 0.600. The standard InChI is InChI=1S/C15H24ClNO2/c1-6-15(7-2,17(3)4)14(18)12-10-11(16)8-9-13(12)19-5/h8-10,14,18H,6-7H2,1-5H3. The summed E-state index contributed by atoms with van der Waals surface area (Å²) in [7, 11) is 5.59. The van der Waals surface area contributed by atoms with Crippen LogP contribution in [0.2, 0.25) is 5.02 Å². The molecule has 0 aromatic heterocycles. The molecule has 0 heterocycles. The van der Waals surface area contributed by atoms with Crippen molar-refractivity contribution in [3.8, 4) is 5.75 Å². The van der Waals surface area contributed by atoms with E-state index in [9.17, 15) is 5.11 Å². The predicted octanol–water partition coefficient (Wildman–Crippen LogP) is 3.50. The number of benzene rings is 1. The van der Waals surface area contributed by atoms with Gasteiger partial charge in [0.1, 0.15) is 11.9 Å². The molecule has 1 rings (SSSR count). The van der Waals surface area contributed by atoms with Gasteiger partial charge in [0.15, 0.2) is 0 Å². The van der Waals surface area contributed by atoms with E-state index in [0.717, 1.165) is 18.4 Å². The van der Waals surface area contributed by atoms with Gasteiger partial charge in [-0.3, -0.25) is 0 Å². The van der Waals surface area contributed by atoms with Gasteiger partial charge in [0.2, 0.25) is 0 Å². The molecule has 0 saturated carbocycles. The van der Waals surface area contributed by atoms with Crippen LogP contribution in [0.25, 0.3) is 0 Å². The van der Waals surface area contributed by atoms with Crippen LogP contribution in [0.1, 0.15) is 38.4 Å². The highest BCUT2D eigenvalue weighted by Crippen LogP contribution is 2.40. The van der Waals surface area contributed by atoms with Gasteiger partial charge in [0, 0.05) is 10.6 Å². The van der Waals surface area contributed by atoms with Crippen LogP contribution in [0.5, 0.6) is 5.75 Å². The van der Waals surface area contributed by atoms with Crippen molar-refractivity contribution in [2.75, 3.05) is 21.2 Å². The number of aliphatic hydroxyl groups excluding tert-OH is 1. The molecule has 0 aliphatic rings. The molecule has 1 unspecified atom stereocenters. The number of aliphatic hydroxyl groups is 1. The van der Waals surface area contributed by atoms with Crippen molar-refractivity contribution in [3.05, 3.63) is 28.8 Å². The zero-order valence-electron chi connectivity index (χ0n) is 12.4. The van der Waals surface area contributed by atoms with E-state index in [-0.39, 0.29) is 5.54 Å². The van der Waals surface area contributed by atoms with Crippen LogP contribution < -0.4 is 4.74 Å². The van der Waals surface area contributed by atoms with Crippen molar-refractivity contribution in [1.82, 2.24) is 4.90 Å². The maximum atomic E-state index is 10.9.